The van der Waals surface area contributed by atoms with Crippen molar-refractivity contribution < 1.29 is 0 Å². The molecule has 0 amide bonds. The Morgan fingerprint density at radius 1 is 1.42 bits per heavy atom. The van der Waals surface area contributed by atoms with Crippen LogP contribution in [-0.4, -0.2) is 11.2 Å². The first kappa shape index (κ1) is 9.39. The van der Waals surface area contributed by atoms with Gasteiger partial charge in [-0.2, -0.15) is 0 Å². The van der Waals surface area contributed by atoms with Crippen LogP contribution in [0.5, 0.6) is 0 Å². The van der Waals surface area contributed by atoms with Crippen molar-refractivity contribution in [2.45, 2.75) is 24.8 Å². The van der Waals surface area contributed by atoms with E-state index >= 15 is 0 Å². The maximum atomic E-state index is 11.4. The first-order valence-corrected chi connectivity index (χ1v) is 5.15. The Labute approximate surface area is 76.4 Å². The van der Waals surface area contributed by atoms with Crippen LogP contribution in [0.2, 0.25) is 0 Å². The Balaban J connectivity index is 3.12. The fourth-order valence-electron chi connectivity index (χ4n) is 1.04. The standard InChI is InChI=1S/C9H13NOS/c1-6(2)7-4-5-8(12-3)10-9(7)11/h4-6H,1-3H3,(H,10,11). The van der Waals surface area contributed by atoms with Gasteiger partial charge in [0.15, 0.2) is 0 Å². The molecule has 0 unspecified atom stereocenters. The van der Waals surface area contributed by atoms with E-state index in [1.54, 1.807) is 11.8 Å². The van der Waals surface area contributed by atoms with Crippen molar-refractivity contribution in [1.29, 1.82) is 0 Å². The van der Waals surface area contributed by atoms with Crippen LogP contribution in [0.3, 0.4) is 0 Å². The minimum atomic E-state index is 0.0388. The predicted molar refractivity (Wildman–Crippen MR) is 52.9 cm³/mol. The zero-order valence-corrected chi connectivity index (χ0v) is 8.37. The Hall–Kier alpha value is -0.700. The third kappa shape index (κ3) is 1.91. The van der Waals surface area contributed by atoms with Gasteiger partial charge in [0.2, 0.25) is 0 Å². The van der Waals surface area contributed by atoms with E-state index in [4.69, 9.17) is 0 Å². The second kappa shape index (κ2) is 3.81. The van der Waals surface area contributed by atoms with E-state index in [0.717, 1.165) is 10.6 Å². The Morgan fingerprint density at radius 2 is 2.08 bits per heavy atom. The van der Waals surface area contributed by atoms with E-state index in [0.29, 0.717) is 5.92 Å². The van der Waals surface area contributed by atoms with Gasteiger partial charge in [-0.05, 0) is 18.2 Å². The first-order valence-electron chi connectivity index (χ1n) is 3.92. The highest BCUT2D eigenvalue weighted by Crippen LogP contribution is 2.13. The maximum absolute atomic E-state index is 11.4. The minimum Gasteiger partial charge on any atom is -0.317 e. The molecule has 0 aliphatic heterocycles. The summed E-state index contributed by atoms with van der Waals surface area (Å²) in [5.41, 5.74) is 0.893. The first-order chi connectivity index (χ1) is 5.65. The normalized spacial score (nSPS) is 10.7. The second-order valence-corrected chi connectivity index (χ2v) is 3.81. The second-order valence-electron chi connectivity index (χ2n) is 2.97. The lowest BCUT2D eigenvalue weighted by Gasteiger charge is -2.03. The zero-order chi connectivity index (χ0) is 9.14. The summed E-state index contributed by atoms with van der Waals surface area (Å²) >= 11 is 1.55. The molecule has 0 saturated carbocycles. The van der Waals surface area contributed by atoms with Crippen LogP contribution >= 0.6 is 11.8 Å². The summed E-state index contributed by atoms with van der Waals surface area (Å²) in [6.07, 6.45) is 1.94. The summed E-state index contributed by atoms with van der Waals surface area (Å²) in [6.45, 7) is 4.03. The van der Waals surface area contributed by atoms with Crippen LogP contribution in [-0.2, 0) is 0 Å². The molecule has 0 atom stereocenters. The molecule has 0 spiro atoms. The molecule has 1 N–H and O–H groups in total. The number of hydrogen-bond donors (Lipinski definition) is 1. The molecule has 0 aliphatic carbocycles. The smallest absolute Gasteiger partial charge is 0.252 e. The molecule has 0 radical (unpaired) electrons. The average Bonchev–Trinajstić information content (AvgIpc) is 2.03. The van der Waals surface area contributed by atoms with Crippen molar-refractivity contribution in [3.8, 4) is 0 Å². The molecular weight excluding hydrogens is 170 g/mol. The molecule has 1 aromatic heterocycles. The predicted octanol–water partition coefficient (Wildman–Crippen LogP) is 2.22. The number of aromatic nitrogens is 1. The van der Waals surface area contributed by atoms with Crippen LogP contribution < -0.4 is 5.56 Å². The average molecular weight is 183 g/mol. The molecule has 0 bridgehead atoms. The fraction of sp³-hybridized carbons (Fsp3) is 0.444. The molecule has 0 aliphatic rings. The van der Waals surface area contributed by atoms with Gasteiger partial charge < -0.3 is 4.98 Å². The summed E-state index contributed by atoms with van der Waals surface area (Å²) in [4.78, 5) is 14.2. The van der Waals surface area contributed by atoms with Gasteiger partial charge >= 0.3 is 0 Å². The number of pyridine rings is 1. The van der Waals surface area contributed by atoms with Gasteiger partial charge in [0.05, 0.1) is 5.03 Å². The molecule has 1 aromatic rings. The molecule has 12 heavy (non-hydrogen) atoms. The van der Waals surface area contributed by atoms with E-state index in [9.17, 15) is 4.79 Å². The largest absolute Gasteiger partial charge is 0.317 e. The maximum Gasteiger partial charge on any atom is 0.252 e. The molecule has 1 rings (SSSR count). The van der Waals surface area contributed by atoms with Crippen molar-refractivity contribution in [3.63, 3.8) is 0 Å². The number of hydrogen-bond acceptors (Lipinski definition) is 2. The minimum absolute atomic E-state index is 0.0388. The number of H-pyrrole nitrogens is 1. The van der Waals surface area contributed by atoms with Gasteiger partial charge in [0, 0.05) is 5.56 Å². The van der Waals surface area contributed by atoms with Crippen molar-refractivity contribution in [2.24, 2.45) is 0 Å². The van der Waals surface area contributed by atoms with Gasteiger partial charge in [-0.25, -0.2) is 0 Å². The van der Waals surface area contributed by atoms with E-state index < -0.39 is 0 Å². The van der Waals surface area contributed by atoms with Crippen LogP contribution in [0, 0.1) is 0 Å². The van der Waals surface area contributed by atoms with Gasteiger partial charge in [0.1, 0.15) is 0 Å². The Bertz CT molecular complexity index is 317. The number of rotatable bonds is 2. The molecule has 0 aromatic carbocycles. The molecule has 2 nitrogen and oxygen atoms in total. The lowest BCUT2D eigenvalue weighted by molar-refractivity contribution is 0.833. The summed E-state index contributed by atoms with van der Waals surface area (Å²) < 4.78 is 0. The molecule has 1 heterocycles. The molecule has 0 fully saturated rings. The van der Waals surface area contributed by atoms with Gasteiger partial charge in [-0.1, -0.05) is 19.9 Å². The lowest BCUT2D eigenvalue weighted by Crippen LogP contribution is -2.13. The third-order valence-electron chi connectivity index (χ3n) is 1.76. The zero-order valence-electron chi connectivity index (χ0n) is 7.55. The molecule has 3 heteroatoms. The van der Waals surface area contributed by atoms with Gasteiger partial charge in [0.25, 0.3) is 5.56 Å². The van der Waals surface area contributed by atoms with Crippen LogP contribution in [0.4, 0.5) is 0 Å². The van der Waals surface area contributed by atoms with E-state index in [1.807, 2.05) is 32.2 Å². The van der Waals surface area contributed by atoms with Gasteiger partial charge in [-0.3, -0.25) is 4.79 Å². The molecule has 66 valence electrons. The van der Waals surface area contributed by atoms with E-state index in [-0.39, 0.29) is 5.56 Å². The fourth-order valence-corrected chi connectivity index (χ4v) is 1.44. The van der Waals surface area contributed by atoms with E-state index in [2.05, 4.69) is 4.98 Å². The quantitative estimate of drug-likeness (QED) is 0.713. The lowest BCUT2D eigenvalue weighted by atomic mass is 10.1. The van der Waals surface area contributed by atoms with Crippen molar-refractivity contribution in [3.05, 3.63) is 28.0 Å². The van der Waals surface area contributed by atoms with Crippen LogP contribution in [0.15, 0.2) is 22.0 Å². The van der Waals surface area contributed by atoms with E-state index in [1.165, 1.54) is 0 Å². The number of thioether (sulfide) groups is 1. The van der Waals surface area contributed by atoms with Crippen molar-refractivity contribution in [2.75, 3.05) is 6.26 Å². The summed E-state index contributed by atoms with van der Waals surface area (Å²) in [6, 6.07) is 3.84. The van der Waals surface area contributed by atoms with Crippen molar-refractivity contribution >= 4 is 11.8 Å². The summed E-state index contributed by atoms with van der Waals surface area (Å²) in [5.74, 6) is 0.296. The van der Waals surface area contributed by atoms with Crippen molar-refractivity contribution in [1.82, 2.24) is 4.98 Å². The highest BCUT2D eigenvalue weighted by Gasteiger charge is 2.03. The summed E-state index contributed by atoms with van der Waals surface area (Å²) in [5, 5.41) is 0.921. The third-order valence-corrected chi connectivity index (χ3v) is 2.43. The SMILES string of the molecule is CSc1ccc(C(C)C)c(=O)[nH]1. The molecule has 0 saturated heterocycles. The highest BCUT2D eigenvalue weighted by atomic mass is 32.2. The Morgan fingerprint density at radius 3 is 2.50 bits per heavy atom. The Kier molecular flexibility index (Phi) is 2.98. The van der Waals surface area contributed by atoms with Crippen LogP contribution in [0.25, 0.3) is 0 Å². The number of nitrogens with one attached hydrogen (secondary N) is 1. The topological polar surface area (TPSA) is 32.9 Å². The highest BCUT2D eigenvalue weighted by molar-refractivity contribution is 7.98. The molecular formula is C9H13NOS. The monoisotopic (exact) mass is 183 g/mol. The summed E-state index contributed by atoms with van der Waals surface area (Å²) in [7, 11) is 0. The van der Waals surface area contributed by atoms with Crippen LogP contribution in [0.1, 0.15) is 25.3 Å². The number of aromatic amines is 1. The van der Waals surface area contributed by atoms with Gasteiger partial charge in [-0.15, -0.1) is 11.8 Å².